The molecule has 1 rings (SSSR count). The van der Waals surface area contributed by atoms with E-state index in [0.29, 0.717) is 0 Å². The zero-order valence-electron chi connectivity index (χ0n) is 7.82. The second-order valence-electron chi connectivity index (χ2n) is 3.25. The first-order valence-corrected chi connectivity index (χ1v) is 4.74. The molecular weight excluding hydrogens is 168 g/mol. The van der Waals surface area contributed by atoms with E-state index >= 15 is 0 Å². The third kappa shape index (κ3) is 4.15. The van der Waals surface area contributed by atoms with Gasteiger partial charge in [0, 0.05) is 12.5 Å². The van der Waals surface area contributed by atoms with E-state index in [-0.39, 0.29) is 12.3 Å². The number of hydrogen-bond donors (Lipinski definition) is 2. The van der Waals surface area contributed by atoms with Crippen LogP contribution in [-0.4, -0.2) is 18.9 Å². The van der Waals surface area contributed by atoms with Crippen LogP contribution >= 0.6 is 0 Å². The highest BCUT2D eigenvalue weighted by Crippen LogP contribution is 2.13. The van der Waals surface area contributed by atoms with Crippen molar-refractivity contribution in [3.05, 3.63) is 12.5 Å². The zero-order chi connectivity index (χ0) is 9.52. The zero-order valence-corrected chi connectivity index (χ0v) is 7.82. The predicted octanol–water partition coefficient (Wildman–Crippen LogP) is 0.677. The molecule has 0 radical (unpaired) electrons. The summed E-state index contributed by atoms with van der Waals surface area (Å²) in [5.74, 6) is 0. The Morgan fingerprint density at radius 3 is 2.54 bits per heavy atom. The molecule has 0 saturated carbocycles. The van der Waals surface area contributed by atoms with Gasteiger partial charge < -0.3 is 20.9 Å². The van der Waals surface area contributed by atoms with E-state index in [0.717, 1.165) is 32.2 Å². The Labute approximate surface area is 78.9 Å². The Morgan fingerprint density at radius 2 is 1.92 bits per heavy atom. The fourth-order valence-corrected chi connectivity index (χ4v) is 1.30. The molecule has 0 spiro atoms. The lowest BCUT2D eigenvalue weighted by Crippen LogP contribution is -2.26. The van der Waals surface area contributed by atoms with Gasteiger partial charge in [0.1, 0.15) is 12.5 Å². The van der Waals surface area contributed by atoms with Crippen molar-refractivity contribution in [1.29, 1.82) is 0 Å². The number of rotatable bonds is 6. The van der Waals surface area contributed by atoms with Crippen LogP contribution in [0.5, 0.6) is 0 Å². The number of ether oxygens (including phenoxy) is 2. The van der Waals surface area contributed by atoms with Gasteiger partial charge in [-0.2, -0.15) is 0 Å². The van der Waals surface area contributed by atoms with E-state index in [1.807, 2.05) is 0 Å². The lowest BCUT2D eigenvalue weighted by molar-refractivity contribution is -0.0327. The molecule has 0 amide bonds. The first kappa shape index (κ1) is 10.3. The molecule has 4 heteroatoms. The molecule has 1 heterocycles. The molecule has 1 aliphatic rings. The van der Waals surface area contributed by atoms with Crippen molar-refractivity contribution in [3.8, 4) is 0 Å². The molecule has 4 nitrogen and oxygen atoms in total. The van der Waals surface area contributed by atoms with Crippen LogP contribution in [0.1, 0.15) is 25.7 Å². The van der Waals surface area contributed by atoms with E-state index < -0.39 is 0 Å². The summed E-state index contributed by atoms with van der Waals surface area (Å²) in [4.78, 5) is 0. The van der Waals surface area contributed by atoms with Crippen LogP contribution in [0.25, 0.3) is 0 Å². The standard InChI is InChI=1S/C9H18N2O2/c10-4-2-1-3-8(11)7-9-12-5-6-13-9/h5-6,8-9H,1-4,7,10-11H2. The second-order valence-corrected chi connectivity index (χ2v) is 3.25. The van der Waals surface area contributed by atoms with Crippen LogP contribution in [0.4, 0.5) is 0 Å². The van der Waals surface area contributed by atoms with E-state index in [2.05, 4.69) is 0 Å². The highest BCUT2D eigenvalue weighted by Gasteiger charge is 2.16. The number of nitrogens with two attached hydrogens (primary N) is 2. The van der Waals surface area contributed by atoms with Gasteiger partial charge in [0.15, 0.2) is 0 Å². The van der Waals surface area contributed by atoms with Gasteiger partial charge in [-0.25, -0.2) is 0 Å². The third-order valence-corrected chi connectivity index (χ3v) is 2.04. The minimum absolute atomic E-state index is 0.149. The fourth-order valence-electron chi connectivity index (χ4n) is 1.30. The fraction of sp³-hybridized carbons (Fsp3) is 0.778. The van der Waals surface area contributed by atoms with Crippen molar-refractivity contribution in [1.82, 2.24) is 0 Å². The second kappa shape index (κ2) is 5.83. The first-order chi connectivity index (χ1) is 6.33. The van der Waals surface area contributed by atoms with Gasteiger partial charge in [0.2, 0.25) is 6.29 Å². The number of hydrogen-bond acceptors (Lipinski definition) is 4. The average Bonchev–Trinajstić information content (AvgIpc) is 2.57. The SMILES string of the molecule is NCCCCC(N)CC1OC=CO1. The molecule has 0 bridgehead atoms. The van der Waals surface area contributed by atoms with Crippen LogP contribution in [0.15, 0.2) is 12.5 Å². The Kier molecular flexibility index (Phi) is 4.64. The maximum Gasteiger partial charge on any atom is 0.241 e. The summed E-state index contributed by atoms with van der Waals surface area (Å²) in [6, 6.07) is 0.149. The van der Waals surface area contributed by atoms with Gasteiger partial charge in [-0.15, -0.1) is 0 Å². The molecule has 0 fully saturated rings. The highest BCUT2D eigenvalue weighted by atomic mass is 16.7. The van der Waals surface area contributed by atoms with Gasteiger partial charge >= 0.3 is 0 Å². The van der Waals surface area contributed by atoms with Crippen LogP contribution in [0, 0.1) is 0 Å². The lowest BCUT2D eigenvalue weighted by atomic mass is 10.1. The summed E-state index contributed by atoms with van der Waals surface area (Å²) in [5, 5.41) is 0. The van der Waals surface area contributed by atoms with Gasteiger partial charge in [-0.05, 0) is 19.4 Å². The van der Waals surface area contributed by atoms with Gasteiger partial charge in [-0.1, -0.05) is 6.42 Å². The molecule has 0 aromatic carbocycles. The van der Waals surface area contributed by atoms with E-state index in [1.54, 1.807) is 12.5 Å². The minimum atomic E-state index is -0.173. The van der Waals surface area contributed by atoms with Crippen molar-refractivity contribution in [2.75, 3.05) is 6.54 Å². The largest absolute Gasteiger partial charge is 0.459 e. The lowest BCUT2D eigenvalue weighted by Gasteiger charge is -2.15. The third-order valence-electron chi connectivity index (χ3n) is 2.04. The molecule has 0 aliphatic carbocycles. The number of unbranched alkanes of at least 4 members (excludes halogenated alkanes) is 1. The minimum Gasteiger partial charge on any atom is -0.459 e. The summed E-state index contributed by atoms with van der Waals surface area (Å²) in [5.41, 5.74) is 11.2. The molecule has 0 aromatic heterocycles. The Hall–Kier alpha value is -0.740. The Morgan fingerprint density at radius 1 is 1.23 bits per heavy atom. The van der Waals surface area contributed by atoms with Crippen molar-refractivity contribution in [3.63, 3.8) is 0 Å². The van der Waals surface area contributed by atoms with E-state index in [1.165, 1.54) is 0 Å². The molecule has 1 unspecified atom stereocenters. The Bertz CT molecular complexity index is 154. The molecule has 0 aromatic rings. The molecule has 0 saturated heterocycles. The highest BCUT2D eigenvalue weighted by molar-refractivity contribution is 4.74. The average molecular weight is 186 g/mol. The summed E-state index contributed by atoms with van der Waals surface area (Å²) in [6.07, 6.45) is 6.79. The van der Waals surface area contributed by atoms with Crippen LogP contribution in [0.2, 0.25) is 0 Å². The normalized spacial score (nSPS) is 18.3. The van der Waals surface area contributed by atoms with Crippen molar-refractivity contribution in [2.24, 2.45) is 11.5 Å². The van der Waals surface area contributed by atoms with Gasteiger partial charge in [0.25, 0.3) is 0 Å². The quantitative estimate of drug-likeness (QED) is 0.598. The molecule has 4 N–H and O–H groups in total. The molecular formula is C9H18N2O2. The van der Waals surface area contributed by atoms with Crippen LogP contribution < -0.4 is 11.5 Å². The van der Waals surface area contributed by atoms with Crippen LogP contribution in [-0.2, 0) is 9.47 Å². The van der Waals surface area contributed by atoms with Crippen LogP contribution in [0.3, 0.4) is 0 Å². The topological polar surface area (TPSA) is 70.5 Å². The van der Waals surface area contributed by atoms with Gasteiger partial charge in [0.05, 0.1) is 0 Å². The summed E-state index contributed by atoms with van der Waals surface area (Å²) in [7, 11) is 0. The molecule has 13 heavy (non-hydrogen) atoms. The van der Waals surface area contributed by atoms with Crippen molar-refractivity contribution < 1.29 is 9.47 Å². The monoisotopic (exact) mass is 186 g/mol. The summed E-state index contributed by atoms with van der Waals surface area (Å²) < 4.78 is 10.2. The first-order valence-electron chi connectivity index (χ1n) is 4.74. The van der Waals surface area contributed by atoms with Crippen molar-refractivity contribution in [2.45, 2.75) is 38.0 Å². The van der Waals surface area contributed by atoms with Crippen molar-refractivity contribution >= 4 is 0 Å². The smallest absolute Gasteiger partial charge is 0.241 e. The maximum atomic E-state index is 5.87. The Balaban J connectivity index is 2.00. The van der Waals surface area contributed by atoms with E-state index in [9.17, 15) is 0 Å². The molecule has 1 atom stereocenters. The van der Waals surface area contributed by atoms with Gasteiger partial charge in [-0.3, -0.25) is 0 Å². The predicted molar refractivity (Wildman–Crippen MR) is 50.6 cm³/mol. The summed E-state index contributed by atoms with van der Waals surface area (Å²) >= 11 is 0. The summed E-state index contributed by atoms with van der Waals surface area (Å²) in [6.45, 7) is 0.741. The maximum absolute atomic E-state index is 5.87. The molecule has 76 valence electrons. The van der Waals surface area contributed by atoms with E-state index in [4.69, 9.17) is 20.9 Å². The molecule has 1 aliphatic heterocycles.